The SMILES string of the molecule is COc1nnccc1NC(=O)N1CCC(O)(c2cccc(OC(F)(F)F)c2)CC1. The minimum atomic E-state index is -4.81. The number of carbonyl (C=O) groups excluding carboxylic acids is 1. The number of carbonyl (C=O) groups is 1. The number of likely N-dealkylation sites (tertiary alicyclic amines) is 1. The van der Waals surface area contributed by atoms with Gasteiger partial charge in [-0.15, -0.1) is 18.3 Å². The average Bonchev–Trinajstić information content (AvgIpc) is 2.68. The number of aliphatic hydroxyl groups is 1. The van der Waals surface area contributed by atoms with Gasteiger partial charge in [0.15, 0.2) is 0 Å². The summed E-state index contributed by atoms with van der Waals surface area (Å²) in [5.74, 6) is -0.239. The molecule has 29 heavy (non-hydrogen) atoms. The van der Waals surface area contributed by atoms with E-state index in [4.69, 9.17) is 4.74 Å². The molecule has 1 fully saturated rings. The van der Waals surface area contributed by atoms with Crippen molar-refractivity contribution < 1.29 is 32.5 Å². The quantitative estimate of drug-likeness (QED) is 0.802. The molecule has 0 unspecified atom stereocenters. The molecule has 156 valence electrons. The zero-order valence-electron chi connectivity index (χ0n) is 15.4. The van der Waals surface area contributed by atoms with Gasteiger partial charge in [-0.2, -0.15) is 5.10 Å². The van der Waals surface area contributed by atoms with Crippen molar-refractivity contribution in [2.75, 3.05) is 25.5 Å². The normalized spacial score (nSPS) is 16.2. The van der Waals surface area contributed by atoms with E-state index in [2.05, 4.69) is 20.3 Å². The molecule has 3 rings (SSSR count). The molecular formula is C18H19F3N4O4. The number of benzene rings is 1. The predicted octanol–water partition coefficient (Wildman–Crippen LogP) is 2.90. The number of hydrogen-bond donors (Lipinski definition) is 2. The Balaban J connectivity index is 1.65. The van der Waals surface area contributed by atoms with Gasteiger partial charge in [-0.25, -0.2) is 4.79 Å². The lowest BCUT2D eigenvalue weighted by Crippen LogP contribution is -2.46. The molecule has 0 radical (unpaired) electrons. The van der Waals surface area contributed by atoms with Gasteiger partial charge >= 0.3 is 12.4 Å². The van der Waals surface area contributed by atoms with E-state index in [1.54, 1.807) is 0 Å². The Kier molecular flexibility index (Phi) is 5.78. The summed E-state index contributed by atoms with van der Waals surface area (Å²) in [4.78, 5) is 14.0. The van der Waals surface area contributed by atoms with Crippen molar-refractivity contribution in [1.29, 1.82) is 0 Å². The van der Waals surface area contributed by atoms with Gasteiger partial charge in [0.1, 0.15) is 11.4 Å². The van der Waals surface area contributed by atoms with E-state index < -0.39 is 23.7 Å². The highest BCUT2D eigenvalue weighted by atomic mass is 19.4. The number of methoxy groups -OCH3 is 1. The third-order valence-corrected chi connectivity index (χ3v) is 4.60. The van der Waals surface area contributed by atoms with E-state index in [0.29, 0.717) is 11.3 Å². The molecule has 0 spiro atoms. The van der Waals surface area contributed by atoms with Crippen LogP contribution in [-0.4, -0.2) is 52.8 Å². The minimum Gasteiger partial charge on any atom is -0.478 e. The molecule has 2 amide bonds. The molecule has 11 heteroatoms. The van der Waals surface area contributed by atoms with Crippen molar-refractivity contribution in [2.24, 2.45) is 0 Å². The number of amides is 2. The molecule has 0 saturated carbocycles. The van der Waals surface area contributed by atoms with Crippen molar-refractivity contribution >= 4 is 11.7 Å². The van der Waals surface area contributed by atoms with Crippen LogP contribution in [0.2, 0.25) is 0 Å². The summed E-state index contributed by atoms with van der Waals surface area (Å²) in [5.41, 5.74) is -0.706. The summed E-state index contributed by atoms with van der Waals surface area (Å²) in [6.07, 6.45) is -3.10. The smallest absolute Gasteiger partial charge is 0.478 e. The van der Waals surface area contributed by atoms with Crippen LogP contribution in [0.3, 0.4) is 0 Å². The zero-order valence-corrected chi connectivity index (χ0v) is 15.4. The number of anilines is 1. The third kappa shape index (κ3) is 5.05. The number of aromatic nitrogens is 2. The van der Waals surface area contributed by atoms with Crippen LogP contribution in [0.15, 0.2) is 36.5 Å². The molecule has 1 aliphatic rings. The fourth-order valence-electron chi connectivity index (χ4n) is 3.11. The van der Waals surface area contributed by atoms with E-state index in [1.165, 1.54) is 42.5 Å². The van der Waals surface area contributed by atoms with Gasteiger partial charge in [-0.1, -0.05) is 12.1 Å². The maximum atomic E-state index is 12.5. The number of piperidine rings is 1. The van der Waals surface area contributed by atoms with Crippen molar-refractivity contribution in [3.63, 3.8) is 0 Å². The van der Waals surface area contributed by atoms with Gasteiger partial charge in [-0.3, -0.25) is 0 Å². The third-order valence-electron chi connectivity index (χ3n) is 4.60. The van der Waals surface area contributed by atoms with Crippen molar-refractivity contribution in [3.8, 4) is 11.6 Å². The number of ether oxygens (including phenoxy) is 2. The highest BCUT2D eigenvalue weighted by Gasteiger charge is 2.37. The van der Waals surface area contributed by atoms with Gasteiger partial charge in [0.2, 0.25) is 0 Å². The first-order valence-electron chi connectivity index (χ1n) is 8.70. The van der Waals surface area contributed by atoms with Crippen LogP contribution in [0.4, 0.5) is 23.7 Å². The van der Waals surface area contributed by atoms with E-state index in [-0.39, 0.29) is 31.8 Å². The van der Waals surface area contributed by atoms with Crippen LogP contribution < -0.4 is 14.8 Å². The first-order valence-corrected chi connectivity index (χ1v) is 8.70. The Morgan fingerprint density at radius 3 is 2.66 bits per heavy atom. The summed E-state index contributed by atoms with van der Waals surface area (Å²) in [6, 6.07) is 6.38. The number of nitrogens with one attached hydrogen (secondary N) is 1. The second-order valence-electron chi connectivity index (χ2n) is 6.48. The fourth-order valence-corrected chi connectivity index (χ4v) is 3.11. The second-order valence-corrected chi connectivity index (χ2v) is 6.48. The van der Waals surface area contributed by atoms with Gasteiger partial charge in [0.05, 0.1) is 18.9 Å². The van der Waals surface area contributed by atoms with Crippen molar-refractivity contribution in [1.82, 2.24) is 15.1 Å². The van der Waals surface area contributed by atoms with Crippen LogP contribution in [0.1, 0.15) is 18.4 Å². The molecule has 0 atom stereocenters. The lowest BCUT2D eigenvalue weighted by Gasteiger charge is -2.38. The molecule has 1 aromatic heterocycles. The molecule has 0 aliphatic carbocycles. The number of rotatable bonds is 4. The lowest BCUT2D eigenvalue weighted by molar-refractivity contribution is -0.274. The average molecular weight is 412 g/mol. The molecule has 2 N–H and O–H groups in total. The highest BCUT2D eigenvalue weighted by molar-refractivity contribution is 5.90. The van der Waals surface area contributed by atoms with Crippen molar-refractivity contribution in [3.05, 3.63) is 42.1 Å². The molecule has 8 nitrogen and oxygen atoms in total. The van der Waals surface area contributed by atoms with E-state index in [0.717, 1.165) is 6.07 Å². The largest absolute Gasteiger partial charge is 0.573 e. The van der Waals surface area contributed by atoms with Crippen LogP contribution in [-0.2, 0) is 5.60 Å². The lowest BCUT2D eigenvalue weighted by atomic mass is 9.84. The molecule has 0 bridgehead atoms. The Hall–Kier alpha value is -3.08. The van der Waals surface area contributed by atoms with Crippen LogP contribution >= 0.6 is 0 Å². The standard InChI is InChI=1S/C18H19F3N4O4/c1-28-15-14(5-8-22-24-15)23-16(26)25-9-6-17(27,7-10-25)12-3-2-4-13(11-12)29-18(19,20)21/h2-5,8,11,27H,6-7,9-10H2,1H3,(H,22,23,26). The van der Waals surface area contributed by atoms with Crippen LogP contribution in [0.5, 0.6) is 11.6 Å². The number of halogens is 3. The fraction of sp³-hybridized carbons (Fsp3) is 0.389. The number of hydrogen-bond acceptors (Lipinski definition) is 6. The molecule has 1 saturated heterocycles. The number of urea groups is 1. The van der Waals surface area contributed by atoms with Gasteiger partial charge in [-0.05, 0) is 36.6 Å². The minimum absolute atomic E-state index is 0.154. The topological polar surface area (TPSA) is 96.8 Å². The maximum absolute atomic E-state index is 12.5. The molecular weight excluding hydrogens is 393 g/mol. The monoisotopic (exact) mass is 412 g/mol. The number of nitrogens with zero attached hydrogens (tertiary/aromatic N) is 3. The second kappa shape index (κ2) is 8.11. The van der Waals surface area contributed by atoms with E-state index in [1.807, 2.05) is 0 Å². The van der Waals surface area contributed by atoms with Crippen LogP contribution in [0.25, 0.3) is 0 Å². The maximum Gasteiger partial charge on any atom is 0.573 e. The predicted molar refractivity (Wildman–Crippen MR) is 95.4 cm³/mol. The van der Waals surface area contributed by atoms with Gasteiger partial charge in [0.25, 0.3) is 5.88 Å². The Bertz CT molecular complexity index is 870. The van der Waals surface area contributed by atoms with Crippen molar-refractivity contribution in [2.45, 2.75) is 24.8 Å². The van der Waals surface area contributed by atoms with Gasteiger partial charge < -0.3 is 24.8 Å². The van der Waals surface area contributed by atoms with Crippen LogP contribution in [0, 0.1) is 0 Å². The van der Waals surface area contributed by atoms with E-state index >= 15 is 0 Å². The molecule has 1 aromatic carbocycles. The molecule has 2 aromatic rings. The molecule has 2 heterocycles. The Morgan fingerprint density at radius 2 is 2.00 bits per heavy atom. The Labute approximate surface area is 164 Å². The highest BCUT2D eigenvalue weighted by Crippen LogP contribution is 2.35. The molecule has 1 aliphatic heterocycles. The van der Waals surface area contributed by atoms with Gasteiger partial charge in [0, 0.05) is 13.1 Å². The number of alkyl halides is 3. The summed E-state index contributed by atoms with van der Waals surface area (Å²) >= 11 is 0. The summed E-state index contributed by atoms with van der Waals surface area (Å²) in [7, 11) is 1.40. The van der Waals surface area contributed by atoms with E-state index in [9.17, 15) is 23.1 Å². The first kappa shape index (κ1) is 20.6. The summed E-state index contributed by atoms with van der Waals surface area (Å²) in [6.45, 7) is 0.404. The first-order chi connectivity index (χ1) is 13.7. The summed E-state index contributed by atoms with van der Waals surface area (Å²) < 4.78 is 46.2. The Morgan fingerprint density at radius 1 is 1.28 bits per heavy atom. The summed E-state index contributed by atoms with van der Waals surface area (Å²) in [5, 5.41) is 21.0. The zero-order chi connectivity index (χ0) is 21.1.